The molecule has 0 bridgehead atoms. The second-order valence-electron chi connectivity index (χ2n) is 3.89. The van der Waals surface area contributed by atoms with Crippen LogP contribution < -0.4 is 4.74 Å². The summed E-state index contributed by atoms with van der Waals surface area (Å²) in [5.74, 6) is 0.457. The zero-order valence-electron chi connectivity index (χ0n) is 10.2. The van der Waals surface area contributed by atoms with Crippen LogP contribution in [0.4, 0.5) is 0 Å². The summed E-state index contributed by atoms with van der Waals surface area (Å²) in [5.41, 5.74) is 2.43. The molecule has 0 radical (unpaired) electrons. The number of benzene rings is 1. The van der Waals surface area contributed by atoms with Gasteiger partial charge in [-0.15, -0.1) is 0 Å². The molecule has 0 unspecified atom stereocenters. The highest BCUT2D eigenvalue weighted by Gasteiger charge is 2.08. The summed E-state index contributed by atoms with van der Waals surface area (Å²) >= 11 is 12.0. The van der Waals surface area contributed by atoms with Crippen LogP contribution in [-0.4, -0.2) is 12.1 Å². The molecule has 0 aliphatic carbocycles. The third-order valence-corrected chi connectivity index (χ3v) is 3.02. The van der Waals surface area contributed by atoms with E-state index >= 15 is 0 Å². The summed E-state index contributed by atoms with van der Waals surface area (Å²) in [6.07, 6.45) is 1.90. The summed E-state index contributed by atoms with van der Waals surface area (Å²) in [7, 11) is 1.53. The molecule has 0 N–H and O–H groups in total. The minimum atomic E-state index is 0.234. The third kappa shape index (κ3) is 3.17. The van der Waals surface area contributed by atoms with Crippen LogP contribution in [0.2, 0.25) is 10.0 Å². The number of pyridine rings is 1. The number of hydrogen-bond acceptors (Lipinski definition) is 3. The first-order chi connectivity index (χ1) is 9.13. The standard InChI is InChI=1S/C14H10Cl2N2O/c1-19-14-9(2-3-17)4-11(8-18-14)10-5-12(15)7-13(16)6-10/h4-8H,2H2,1H3. The number of nitrogens with zero attached hydrogens (tertiary/aromatic N) is 2. The summed E-state index contributed by atoms with van der Waals surface area (Å²) < 4.78 is 5.12. The van der Waals surface area contributed by atoms with Gasteiger partial charge in [0.25, 0.3) is 0 Å². The largest absolute Gasteiger partial charge is 0.481 e. The third-order valence-electron chi connectivity index (χ3n) is 2.58. The molecule has 1 heterocycles. The molecule has 3 nitrogen and oxygen atoms in total. The summed E-state index contributed by atoms with van der Waals surface area (Å²) in [6, 6.07) is 9.21. The Labute approximate surface area is 121 Å². The Morgan fingerprint density at radius 3 is 2.42 bits per heavy atom. The van der Waals surface area contributed by atoms with E-state index in [0.717, 1.165) is 16.7 Å². The number of nitriles is 1. The molecular formula is C14H10Cl2N2O. The fraction of sp³-hybridized carbons (Fsp3) is 0.143. The van der Waals surface area contributed by atoms with E-state index in [1.807, 2.05) is 6.07 Å². The number of methoxy groups -OCH3 is 1. The van der Waals surface area contributed by atoms with Gasteiger partial charge in [0.05, 0.1) is 19.6 Å². The molecule has 0 aliphatic heterocycles. The van der Waals surface area contributed by atoms with Gasteiger partial charge in [-0.05, 0) is 29.8 Å². The van der Waals surface area contributed by atoms with Gasteiger partial charge >= 0.3 is 0 Å². The number of aromatic nitrogens is 1. The van der Waals surface area contributed by atoms with E-state index in [-0.39, 0.29) is 6.42 Å². The highest BCUT2D eigenvalue weighted by atomic mass is 35.5. The predicted molar refractivity (Wildman–Crippen MR) is 75.6 cm³/mol. The van der Waals surface area contributed by atoms with Crippen LogP contribution in [0, 0.1) is 11.3 Å². The fourth-order valence-corrected chi connectivity index (χ4v) is 2.30. The van der Waals surface area contributed by atoms with E-state index in [2.05, 4.69) is 11.1 Å². The van der Waals surface area contributed by atoms with Crippen molar-refractivity contribution in [3.05, 3.63) is 46.1 Å². The van der Waals surface area contributed by atoms with Crippen molar-refractivity contribution < 1.29 is 4.74 Å². The average Bonchev–Trinajstić information content (AvgIpc) is 2.38. The van der Waals surface area contributed by atoms with E-state index in [0.29, 0.717) is 15.9 Å². The SMILES string of the molecule is COc1ncc(-c2cc(Cl)cc(Cl)c2)cc1CC#N. The molecule has 2 rings (SSSR count). The van der Waals surface area contributed by atoms with Crippen molar-refractivity contribution in [2.24, 2.45) is 0 Å². The fourth-order valence-electron chi connectivity index (χ4n) is 1.77. The van der Waals surface area contributed by atoms with E-state index in [1.54, 1.807) is 24.4 Å². The van der Waals surface area contributed by atoms with E-state index in [1.165, 1.54) is 7.11 Å². The zero-order valence-corrected chi connectivity index (χ0v) is 11.7. The van der Waals surface area contributed by atoms with E-state index in [9.17, 15) is 0 Å². The van der Waals surface area contributed by atoms with Crippen LogP contribution in [-0.2, 0) is 6.42 Å². The van der Waals surface area contributed by atoms with Gasteiger partial charge in [0.15, 0.2) is 0 Å². The highest BCUT2D eigenvalue weighted by Crippen LogP contribution is 2.29. The molecule has 0 fully saturated rings. The lowest BCUT2D eigenvalue weighted by Gasteiger charge is -2.08. The Balaban J connectivity index is 2.51. The van der Waals surface area contributed by atoms with Gasteiger partial charge in [0.2, 0.25) is 5.88 Å². The first kappa shape index (κ1) is 13.7. The van der Waals surface area contributed by atoms with Crippen LogP contribution in [0.3, 0.4) is 0 Å². The first-order valence-corrected chi connectivity index (χ1v) is 6.26. The topological polar surface area (TPSA) is 45.9 Å². The molecule has 0 saturated carbocycles. The molecule has 19 heavy (non-hydrogen) atoms. The lowest BCUT2D eigenvalue weighted by Crippen LogP contribution is -1.95. The normalized spacial score (nSPS) is 10.0. The highest BCUT2D eigenvalue weighted by molar-refractivity contribution is 6.35. The lowest BCUT2D eigenvalue weighted by molar-refractivity contribution is 0.394. The molecule has 0 saturated heterocycles. The molecule has 0 aliphatic rings. The van der Waals surface area contributed by atoms with Crippen molar-refractivity contribution in [2.45, 2.75) is 6.42 Å². The minimum Gasteiger partial charge on any atom is -0.481 e. The van der Waals surface area contributed by atoms with Crippen molar-refractivity contribution in [1.29, 1.82) is 5.26 Å². The first-order valence-electron chi connectivity index (χ1n) is 5.50. The van der Waals surface area contributed by atoms with Crippen LogP contribution in [0.1, 0.15) is 5.56 Å². The molecule has 1 aromatic heterocycles. The van der Waals surface area contributed by atoms with Gasteiger partial charge < -0.3 is 4.74 Å². The molecule has 2 aromatic rings. The van der Waals surface area contributed by atoms with Gasteiger partial charge in [-0.3, -0.25) is 0 Å². The molecule has 1 aromatic carbocycles. The van der Waals surface area contributed by atoms with Gasteiger partial charge in [-0.2, -0.15) is 5.26 Å². The summed E-state index contributed by atoms with van der Waals surface area (Å²) in [5, 5.41) is 9.93. The van der Waals surface area contributed by atoms with Crippen molar-refractivity contribution in [3.8, 4) is 23.1 Å². The molecule has 96 valence electrons. The molecule has 0 amide bonds. The number of hydrogen-bond donors (Lipinski definition) is 0. The molecular weight excluding hydrogens is 283 g/mol. The quantitative estimate of drug-likeness (QED) is 0.854. The van der Waals surface area contributed by atoms with Crippen molar-refractivity contribution in [3.63, 3.8) is 0 Å². The Bertz CT molecular complexity index is 630. The van der Waals surface area contributed by atoms with E-state index < -0.39 is 0 Å². The number of halogens is 2. The minimum absolute atomic E-state index is 0.234. The second kappa shape index (κ2) is 5.92. The van der Waals surface area contributed by atoms with Crippen LogP contribution >= 0.6 is 23.2 Å². The lowest BCUT2D eigenvalue weighted by atomic mass is 10.0. The number of rotatable bonds is 3. The van der Waals surface area contributed by atoms with Crippen molar-refractivity contribution in [1.82, 2.24) is 4.98 Å². The molecule has 0 spiro atoms. The smallest absolute Gasteiger partial charge is 0.217 e. The second-order valence-corrected chi connectivity index (χ2v) is 4.76. The average molecular weight is 293 g/mol. The van der Waals surface area contributed by atoms with Crippen LogP contribution in [0.25, 0.3) is 11.1 Å². The maximum absolute atomic E-state index is 8.81. The molecule has 5 heteroatoms. The van der Waals surface area contributed by atoms with E-state index in [4.69, 9.17) is 33.2 Å². The molecule has 0 atom stereocenters. The maximum Gasteiger partial charge on any atom is 0.217 e. The van der Waals surface area contributed by atoms with Gasteiger partial charge in [-0.1, -0.05) is 23.2 Å². The van der Waals surface area contributed by atoms with Gasteiger partial charge in [0.1, 0.15) is 0 Å². The summed E-state index contributed by atoms with van der Waals surface area (Å²) in [6.45, 7) is 0. The summed E-state index contributed by atoms with van der Waals surface area (Å²) in [4.78, 5) is 4.19. The van der Waals surface area contributed by atoms with Gasteiger partial charge in [-0.25, -0.2) is 4.98 Å². The van der Waals surface area contributed by atoms with Gasteiger partial charge in [0, 0.05) is 27.4 Å². The zero-order chi connectivity index (χ0) is 13.8. The van der Waals surface area contributed by atoms with Crippen LogP contribution in [0.15, 0.2) is 30.5 Å². The van der Waals surface area contributed by atoms with Crippen molar-refractivity contribution >= 4 is 23.2 Å². The van der Waals surface area contributed by atoms with Crippen LogP contribution in [0.5, 0.6) is 5.88 Å². The number of ether oxygens (including phenoxy) is 1. The Kier molecular flexibility index (Phi) is 4.26. The monoisotopic (exact) mass is 292 g/mol. The predicted octanol–water partition coefficient (Wildman–Crippen LogP) is 4.13. The Hall–Kier alpha value is -1.76. The van der Waals surface area contributed by atoms with Crippen molar-refractivity contribution in [2.75, 3.05) is 7.11 Å². The maximum atomic E-state index is 8.81. The Morgan fingerprint density at radius 1 is 1.16 bits per heavy atom. The Morgan fingerprint density at radius 2 is 1.84 bits per heavy atom.